The molecule has 0 radical (unpaired) electrons. The summed E-state index contributed by atoms with van der Waals surface area (Å²) in [5.74, 6) is 1.73. The smallest absolute Gasteiger partial charge is 0.161 e. The summed E-state index contributed by atoms with van der Waals surface area (Å²) >= 11 is 0. The molecule has 3 nitrogen and oxygen atoms in total. The third-order valence-corrected chi connectivity index (χ3v) is 5.53. The van der Waals surface area contributed by atoms with Gasteiger partial charge in [0, 0.05) is 11.5 Å². The van der Waals surface area contributed by atoms with Crippen LogP contribution in [0.4, 0.5) is 0 Å². The van der Waals surface area contributed by atoms with E-state index in [4.69, 9.17) is 9.47 Å². The average Bonchev–Trinajstić information content (AvgIpc) is 2.86. The molecule has 1 heterocycles. The van der Waals surface area contributed by atoms with E-state index in [9.17, 15) is 0 Å². The largest absolute Gasteiger partial charge is 0.493 e. The van der Waals surface area contributed by atoms with E-state index in [1.807, 2.05) is 0 Å². The molecule has 1 aromatic rings. The van der Waals surface area contributed by atoms with Crippen LogP contribution in [0.2, 0.25) is 0 Å². The molecule has 0 N–H and O–H groups in total. The lowest BCUT2D eigenvalue weighted by Gasteiger charge is -2.42. The van der Waals surface area contributed by atoms with Crippen molar-refractivity contribution in [3.8, 4) is 11.5 Å². The number of hydrogen-bond donors (Lipinski definition) is 0. The van der Waals surface area contributed by atoms with Crippen LogP contribution in [0.25, 0.3) is 0 Å². The topological polar surface area (TPSA) is 21.7 Å². The van der Waals surface area contributed by atoms with E-state index in [1.54, 1.807) is 7.11 Å². The molecule has 0 spiro atoms. The van der Waals surface area contributed by atoms with Crippen molar-refractivity contribution in [1.82, 2.24) is 4.90 Å². The lowest BCUT2D eigenvalue weighted by Crippen LogP contribution is -2.43. The molecule has 0 bridgehead atoms. The zero-order valence-electron chi connectivity index (χ0n) is 14.4. The van der Waals surface area contributed by atoms with E-state index in [1.165, 1.54) is 44.2 Å². The summed E-state index contributed by atoms with van der Waals surface area (Å²) in [4.78, 5) is 2.56. The van der Waals surface area contributed by atoms with Gasteiger partial charge in [0.2, 0.25) is 0 Å². The van der Waals surface area contributed by atoms with E-state index < -0.39 is 0 Å². The maximum absolute atomic E-state index is 5.87. The van der Waals surface area contributed by atoms with Crippen molar-refractivity contribution < 1.29 is 9.47 Å². The van der Waals surface area contributed by atoms with E-state index in [-0.39, 0.29) is 6.10 Å². The van der Waals surface area contributed by atoms with Gasteiger partial charge in [-0.3, -0.25) is 0 Å². The third kappa shape index (κ3) is 2.60. The molecule has 122 valence electrons. The van der Waals surface area contributed by atoms with E-state index in [0.717, 1.165) is 11.5 Å². The van der Waals surface area contributed by atoms with Gasteiger partial charge in [-0.15, -0.1) is 0 Å². The molecule has 1 saturated carbocycles. The molecule has 0 aromatic heterocycles. The number of benzene rings is 1. The van der Waals surface area contributed by atoms with Gasteiger partial charge in [-0.25, -0.2) is 0 Å². The molecule has 22 heavy (non-hydrogen) atoms. The Labute approximate surface area is 134 Å². The highest BCUT2D eigenvalue weighted by Crippen LogP contribution is 2.49. The summed E-state index contributed by atoms with van der Waals surface area (Å²) in [6.45, 7) is 5.31. The molecule has 1 unspecified atom stereocenters. The fourth-order valence-electron chi connectivity index (χ4n) is 4.50. The predicted octanol–water partition coefficient (Wildman–Crippen LogP) is 4.00. The van der Waals surface area contributed by atoms with Gasteiger partial charge in [-0.05, 0) is 64.4 Å². The number of nitrogens with zero attached hydrogens (tertiary/aromatic N) is 1. The first-order valence-electron chi connectivity index (χ1n) is 8.62. The van der Waals surface area contributed by atoms with Gasteiger partial charge in [0.25, 0.3) is 0 Å². The Hall–Kier alpha value is -1.22. The van der Waals surface area contributed by atoms with Gasteiger partial charge < -0.3 is 14.4 Å². The Morgan fingerprint density at radius 3 is 2.73 bits per heavy atom. The van der Waals surface area contributed by atoms with E-state index in [0.29, 0.717) is 11.5 Å². The first-order valence-corrected chi connectivity index (χ1v) is 8.62. The van der Waals surface area contributed by atoms with Crippen molar-refractivity contribution in [2.24, 2.45) is 0 Å². The first kappa shape index (κ1) is 15.7. The molecule has 1 aliphatic heterocycles. The molecule has 2 atom stereocenters. The second-order valence-electron chi connectivity index (χ2n) is 7.18. The molecule has 2 fully saturated rings. The standard InChI is InChI=1S/C19H29NO2/c1-14(2)22-16-9-8-15(13-17(16)21-4)19-10-6-5-7-18(19)20(3)12-11-19/h8-9,13-14,18H,5-7,10-12H2,1-4H3/t18?,19-/m0/s1. The van der Waals surface area contributed by atoms with Crippen LogP contribution in [0.1, 0.15) is 51.5 Å². The van der Waals surface area contributed by atoms with E-state index >= 15 is 0 Å². The molecule has 1 aromatic carbocycles. The number of methoxy groups -OCH3 is 1. The lowest BCUT2D eigenvalue weighted by molar-refractivity contribution is 0.181. The lowest BCUT2D eigenvalue weighted by atomic mass is 9.66. The molecule has 1 aliphatic carbocycles. The molecule has 3 heteroatoms. The van der Waals surface area contributed by atoms with Crippen molar-refractivity contribution in [1.29, 1.82) is 0 Å². The zero-order chi connectivity index (χ0) is 15.7. The van der Waals surface area contributed by atoms with Crippen molar-refractivity contribution in [3.05, 3.63) is 23.8 Å². The SMILES string of the molecule is COc1cc([C@@]23CCCCC2N(C)CC3)ccc1OC(C)C. The molecule has 2 aliphatic rings. The molecule has 0 amide bonds. The quantitative estimate of drug-likeness (QED) is 0.839. The summed E-state index contributed by atoms with van der Waals surface area (Å²) in [5.41, 5.74) is 1.76. The highest BCUT2D eigenvalue weighted by molar-refractivity contribution is 5.46. The minimum absolute atomic E-state index is 0.165. The highest BCUT2D eigenvalue weighted by Gasteiger charge is 2.48. The minimum Gasteiger partial charge on any atom is -0.493 e. The Bertz CT molecular complexity index is 524. The number of fused-ring (bicyclic) bond motifs is 1. The van der Waals surface area contributed by atoms with Crippen LogP contribution in [0.3, 0.4) is 0 Å². The van der Waals surface area contributed by atoms with Crippen LogP contribution >= 0.6 is 0 Å². The van der Waals surface area contributed by atoms with Crippen LogP contribution in [0.5, 0.6) is 11.5 Å². The van der Waals surface area contributed by atoms with Gasteiger partial charge in [0.1, 0.15) is 0 Å². The Morgan fingerprint density at radius 1 is 1.18 bits per heavy atom. The fourth-order valence-corrected chi connectivity index (χ4v) is 4.50. The van der Waals surface area contributed by atoms with Crippen LogP contribution < -0.4 is 9.47 Å². The molecule has 3 rings (SSSR count). The Morgan fingerprint density at radius 2 is 2.00 bits per heavy atom. The maximum atomic E-state index is 5.87. The summed E-state index contributed by atoms with van der Waals surface area (Å²) in [5, 5.41) is 0. The summed E-state index contributed by atoms with van der Waals surface area (Å²) in [6, 6.07) is 7.29. The minimum atomic E-state index is 0.165. The number of hydrogen-bond acceptors (Lipinski definition) is 3. The normalized spacial score (nSPS) is 28.7. The van der Waals surface area contributed by atoms with Crippen LogP contribution in [0.15, 0.2) is 18.2 Å². The van der Waals surface area contributed by atoms with E-state index in [2.05, 4.69) is 44.0 Å². The fraction of sp³-hybridized carbons (Fsp3) is 0.684. The van der Waals surface area contributed by atoms with Crippen molar-refractivity contribution >= 4 is 0 Å². The van der Waals surface area contributed by atoms with Crippen LogP contribution in [-0.2, 0) is 5.41 Å². The second-order valence-corrected chi connectivity index (χ2v) is 7.18. The van der Waals surface area contributed by atoms with Crippen molar-refractivity contribution in [3.63, 3.8) is 0 Å². The highest BCUT2D eigenvalue weighted by atomic mass is 16.5. The number of ether oxygens (including phenoxy) is 2. The Balaban J connectivity index is 1.96. The van der Waals surface area contributed by atoms with Crippen molar-refractivity contribution in [2.75, 3.05) is 20.7 Å². The number of likely N-dealkylation sites (tertiary alicyclic amines) is 1. The van der Waals surface area contributed by atoms with Crippen LogP contribution in [0, 0.1) is 0 Å². The number of likely N-dealkylation sites (N-methyl/N-ethyl adjacent to an activating group) is 1. The zero-order valence-corrected chi connectivity index (χ0v) is 14.4. The van der Waals surface area contributed by atoms with Gasteiger partial charge in [0.05, 0.1) is 13.2 Å². The average molecular weight is 303 g/mol. The van der Waals surface area contributed by atoms with Crippen LogP contribution in [-0.4, -0.2) is 37.7 Å². The Kier molecular flexibility index (Phi) is 4.35. The van der Waals surface area contributed by atoms with Gasteiger partial charge in [-0.2, -0.15) is 0 Å². The first-order chi connectivity index (χ1) is 10.6. The van der Waals surface area contributed by atoms with Crippen molar-refractivity contribution in [2.45, 2.75) is 63.5 Å². The summed E-state index contributed by atoms with van der Waals surface area (Å²) < 4.78 is 11.5. The van der Waals surface area contributed by atoms with Gasteiger partial charge in [-0.1, -0.05) is 18.9 Å². The maximum Gasteiger partial charge on any atom is 0.161 e. The third-order valence-electron chi connectivity index (χ3n) is 5.53. The molecular weight excluding hydrogens is 274 g/mol. The number of rotatable bonds is 4. The summed E-state index contributed by atoms with van der Waals surface area (Å²) in [6.07, 6.45) is 6.76. The monoisotopic (exact) mass is 303 g/mol. The second kappa shape index (κ2) is 6.11. The van der Waals surface area contributed by atoms with Gasteiger partial charge >= 0.3 is 0 Å². The summed E-state index contributed by atoms with van der Waals surface area (Å²) in [7, 11) is 4.02. The predicted molar refractivity (Wildman–Crippen MR) is 89.9 cm³/mol. The molecule has 1 saturated heterocycles. The molecular formula is C19H29NO2. The van der Waals surface area contributed by atoms with Gasteiger partial charge in [0.15, 0.2) is 11.5 Å².